The Labute approximate surface area is 407 Å². The van der Waals surface area contributed by atoms with Gasteiger partial charge in [-0.3, -0.25) is 0 Å². The molecule has 2 aliphatic heterocycles. The lowest BCUT2D eigenvalue weighted by molar-refractivity contribution is 0.590. The molecule has 13 rings (SSSR count). The van der Waals surface area contributed by atoms with Crippen LogP contribution in [0.1, 0.15) is 58.2 Å². The van der Waals surface area contributed by atoms with Gasteiger partial charge in [-0.1, -0.05) is 163 Å². The van der Waals surface area contributed by atoms with Crippen molar-refractivity contribution >= 4 is 120 Å². The maximum atomic E-state index is 2.59. The van der Waals surface area contributed by atoms with E-state index < -0.39 is 0 Å². The van der Waals surface area contributed by atoms with E-state index in [0.29, 0.717) is 0 Å². The van der Waals surface area contributed by atoms with E-state index in [1.807, 2.05) is 22.7 Å². The third-order valence-corrected chi connectivity index (χ3v) is 17.0. The van der Waals surface area contributed by atoms with Crippen molar-refractivity contribution in [3.05, 3.63) is 199 Å². The number of fused-ring (bicyclic) bond motifs is 10. The molecule has 0 atom stereocenters. The van der Waals surface area contributed by atoms with Gasteiger partial charge in [0.25, 0.3) is 6.71 Å². The molecule has 328 valence electrons. The number of hydrogen-bond acceptors (Lipinski definition) is 4. The first-order valence-corrected chi connectivity index (χ1v) is 25.6. The maximum Gasteiger partial charge on any atom is 0.252 e. The Hall–Kier alpha value is -6.92. The van der Waals surface area contributed by atoms with Crippen molar-refractivity contribution in [1.29, 1.82) is 0 Å². The molecule has 9 aromatic carbocycles. The fraction of sp³-hybridized carbons (Fsp3) is 0.143. The van der Waals surface area contributed by atoms with Gasteiger partial charge in [-0.05, 0) is 134 Å². The van der Waals surface area contributed by atoms with E-state index in [2.05, 4.69) is 240 Å². The van der Waals surface area contributed by atoms with E-state index in [1.165, 1.54) is 118 Å². The third-order valence-electron chi connectivity index (χ3n) is 14.6. The molecule has 0 N–H and O–H groups in total. The molecule has 0 fully saturated rings. The van der Waals surface area contributed by atoms with Gasteiger partial charge < -0.3 is 9.80 Å². The van der Waals surface area contributed by atoms with Crippen molar-refractivity contribution in [2.24, 2.45) is 0 Å². The van der Waals surface area contributed by atoms with Gasteiger partial charge in [0.15, 0.2) is 0 Å². The van der Waals surface area contributed by atoms with Gasteiger partial charge in [0.1, 0.15) is 0 Å². The molecule has 0 aliphatic carbocycles. The first-order valence-electron chi connectivity index (χ1n) is 23.9. The highest BCUT2D eigenvalue weighted by molar-refractivity contribution is 7.26. The van der Waals surface area contributed by atoms with E-state index in [0.717, 1.165) is 11.4 Å². The van der Waals surface area contributed by atoms with Crippen molar-refractivity contribution in [1.82, 2.24) is 0 Å². The van der Waals surface area contributed by atoms with E-state index in [1.54, 1.807) is 0 Å². The fourth-order valence-corrected chi connectivity index (χ4v) is 13.7. The highest BCUT2D eigenvalue weighted by atomic mass is 32.1. The van der Waals surface area contributed by atoms with Crippen LogP contribution in [-0.4, -0.2) is 6.71 Å². The minimum atomic E-state index is -0.0362. The molecule has 0 radical (unpaired) electrons. The molecule has 0 amide bonds. The van der Waals surface area contributed by atoms with Crippen molar-refractivity contribution in [2.75, 3.05) is 9.80 Å². The molecule has 68 heavy (non-hydrogen) atoms. The van der Waals surface area contributed by atoms with Crippen LogP contribution < -0.4 is 26.2 Å². The average Bonchev–Trinajstić information content (AvgIpc) is 3.92. The molecule has 0 saturated heterocycles. The van der Waals surface area contributed by atoms with E-state index in [4.69, 9.17) is 0 Å². The summed E-state index contributed by atoms with van der Waals surface area (Å²) in [6.07, 6.45) is 0. The van der Waals surface area contributed by atoms with Crippen LogP contribution in [0.15, 0.2) is 182 Å². The smallest absolute Gasteiger partial charge is 0.252 e. The van der Waals surface area contributed by atoms with Crippen LogP contribution in [0.2, 0.25) is 0 Å². The monoisotopic (exact) mass is 910 g/mol. The van der Waals surface area contributed by atoms with Gasteiger partial charge >= 0.3 is 0 Å². The zero-order chi connectivity index (χ0) is 46.2. The van der Waals surface area contributed by atoms with Crippen molar-refractivity contribution in [3.63, 3.8) is 0 Å². The van der Waals surface area contributed by atoms with Gasteiger partial charge in [-0.15, -0.1) is 22.7 Å². The Morgan fingerprint density at radius 3 is 1.28 bits per heavy atom. The molecule has 0 bridgehead atoms. The van der Waals surface area contributed by atoms with E-state index in [9.17, 15) is 0 Å². The van der Waals surface area contributed by atoms with Crippen LogP contribution in [-0.2, 0) is 10.8 Å². The van der Waals surface area contributed by atoms with Crippen LogP contribution >= 0.6 is 22.7 Å². The third kappa shape index (κ3) is 6.36. The molecule has 5 heteroatoms. The number of benzene rings is 9. The Kier molecular flexibility index (Phi) is 9.13. The number of rotatable bonds is 4. The first kappa shape index (κ1) is 41.3. The number of hydrogen-bond donors (Lipinski definition) is 0. The summed E-state index contributed by atoms with van der Waals surface area (Å²) in [6.45, 7) is 16.3. The van der Waals surface area contributed by atoms with Gasteiger partial charge in [-0.2, -0.15) is 0 Å². The summed E-state index contributed by atoms with van der Waals surface area (Å²) in [5.41, 5.74) is 20.1. The number of thiophene rings is 2. The van der Waals surface area contributed by atoms with Crippen LogP contribution in [0.4, 0.5) is 34.1 Å². The fourth-order valence-electron chi connectivity index (χ4n) is 11.2. The summed E-state index contributed by atoms with van der Waals surface area (Å²) in [4.78, 5) is 5.18. The van der Waals surface area contributed by atoms with Crippen LogP contribution in [0, 0.1) is 6.92 Å². The summed E-state index contributed by atoms with van der Waals surface area (Å²) in [7, 11) is 0. The normalized spacial score (nSPS) is 13.4. The Bertz CT molecular complexity index is 3630. The molecule has 0 unspecified atom stereocenters. The van der Waals surface area contributed by atoms with Gasteiger partial charge in [0.05, 0.1) is 0 Å². The predicted octanol–water partition coefficient (Wildman–Crippen LogP) is 16.7. The SMILES string of the molecule is Cc1cc2c3c(c1)N(c1cccc(-c4cccc5c4sc4ccccc45)c1)c1cc(C(C)(C)C)ccc1B3c1ccc(C(C)(C)C)cc1N2c1cccc(-c2cccc3c2sc2ccccc23)c1. The topological polar surface area (TPSA) is 6.48 Å². The van der Waals surface area contributed by atoms with Crippen molar-refractivity contribution < 1.29 is 0 Å². The Morgan fingerprint density at radius 2 is 0.824 bits per heavy atom. The lowest BCUT2D eigenvalue weighted by Crippen LogP contribution is -2.61. The Balaban J connectivity index is 1.05. The second-order valence-electron chi connectivity index (χ2n) is 21.0. The molecular weight excluding hydrogens is 860 g/mol. The second-order valence-corrected chi connectivity index (χ2v) is 23.1. The number of anilines is 6. The standard InChI is InChI=1S/C63H51BN2S2/c1-38-32-55-59-56(33-38)66(44-19-13-17-40(35-44)46-23-15-25-50-48-21-9-11-27-58(48)68-61(46)50)54-37-42(63(5,6)7)29-31-52(54)64(59)51-30-28-41(62(2,3)4)36-53(51)65(55)43-18-12-16-39(34-43)45-22-14-24-49-47-20-8-10-26-57(47)67-60(45)49/h8-37H,1-7H3. The first-order chi connectivity index (χ1) is 32.9. The van der Waals surface area contributed by atoms with E-state index >= 15 is 0 Å². The summed E-state index contributed by atoms with van der Waals surface area (Å²) in [5, 5.41) is 5.29. The molecule has 11 aromatic rings. The predicted molar refractivity (Wildman–Crippen MR) is 299 cm³/mol. The minimum Gasteiger partial charge on any atom is -0.311 e. The zero-order valence-corrected chi connectivity index (χ0v) is 41.2. The summed E-state index contributed by atoms with van der Waals surface area (Å²) in [6, 6.07) is 69.5. The quantitative estimate of drug-likeness (QED) is 0.162. The Morgan fingerprint density at radius 1 is 0.397 bits per heavy atom. The lowest BCUT2D eigenvalue weighted by atomic mass is 9.33. The molecule has 0 spiro atoms. The average molecular weight is 911 g/mol. The van der Waals surface area contributed by atoms with Gasteiger partial charge in [0, 0.05) is 74.5 Å². The van der Waals surface area contributed by atoms with Crippen LogP contribution in [0.3, 0.4) is 0 Å². The van der Waals surface area contributed by atoms with Crippen molar-refractivity contribution in [2.45, 2.75) is 59.3 Å². The highest BCUT2D eigenvalue weighted by Crippen LogP contribution is 2.49. The summed E-state index contributed by atoms with van der Waals surface area (Å²) < 4.78 is 5.32. The maximum absolute atomic E-state index is 2.59. The highest BCUT2D eigenvalue weighted by Gasteiger charge is 2.44. The van der Waals surface area contributed by atoms with Crippen LogP contribution in [0.25, 0.3) is 62.6 Å². The summed E-state index contributed by atoms with van der Waals surface area (Å²) in [5.74, 6) is 0. The second kappa shape index (κ2) is 15.0. The molecule has 0 saturated carbocycles. The summed E-state index contributed by atoms with van der Waals surface area (Å²) >= 11 is 3.79. The molecule has 2 nitrogen and oxygen atoms in total. The molecule has 4 heterocycles. The van der Waals surface area contributed by atoms with Gasteiger partial charge in [0.2, 0.25) is 0 Å². The number of aryl methyl sites for hydroxylation is 1. The van der Waals surface area contributed by atoms with Crippen molar-refractivity contribution in [3.8, 4) is 22.3 Å². The van der Waals surface area contributed by atoms with Gasteiger partial charge in [-0.25, -0.2) is 0 Å². The van der Waals surface area contributed by atoms with Crippen LogP contribution in [0.5, 0.6) is 0 Å². The largest absolute Gasteiger partial charge is 0.311 e. The lowest BCUT2D eigenvalue weighted by Gasteiger charge is -2.45. The van der Waals surface area contributed by atoms with E-state index in [-0.39, 0.29) is 17.5 Å². The molecular formula is C63H51BN2S2. The molecule has 2 aliphatic rings. The zero-order valence-electron chi connectivity index (χ0n) is 39.6. The minimum absolute atomic E-state index is 0.0343. The molecule has 2 aromatic heterocycles. The number of nitrogens with zero attached hydrogens (tertiary/aromatic N) is 2.